The summed E-state index contributed by atoms with van der Waals surface area (Å²) in [6.07, 6.45) is 0. The van der Waals surface area contributed by atoms with Gasteiger partial charge in [-0.2, -0.15) is 0 Å². The van der Waals surface area contributed by atoms with E-state index in [0.29, 0.717) is 0 Å². The van der Waals surface area contributed by atoms with E-state index in [1.54, 1.807) is 0 Å². The molecular formula is C36H32P2Pd+2. The van der Waals surface area contributed by atoms with Crippen LogP contribution in [0.5, 0.6) is 0 Å². The van der Waals surface area contributed by atoms with Crippen molar-refractivity contribution in [2.45, 2.75) is 0 Å². The molecule has 6 aromatic carbocycles. The molecular weight excluding hydrogens is 601 g/mol. The first-order valence-corrected chi connectivity index (χ1v) is 16.0. The Bertz CT molecular complexity index is 1170. The van der Waals surface area contributed by atoms with Gasteiger partial charge in [0.05, 0.1) is 15.8 Å². The van der Waals surface area contributed by atoms with Crippen LogP contribution in [-0.2, 0) is 20.4 Å². The molecule has 0 atom stereocenters. The summed E-state index contributed by atoms with van der Waals surface area (Å²) in [7, 11) is -1.75. The molecule has 0 amide bonds. The average molecular weight is 633 g/mol. The molecule has 0 bridgehead atoms. The fourth-order valence-corrected chi connectivity index (χ4v) is 9.78. The van der Waals surface area contributed by atoms with Crippen LogP contribution < -0.4 is 31.8 Å². The summed E-state index contributed by atoms with van der Waals surface area (Å²) >= 11 is 0. The molecule has 0 saturated carbocycles. The first-order valence-electron chi connectivity index (χ1n) is 13.0. The molecule has 0 N–H and O–H groups in total. The van der Waals surface area contributed by atoms with Crippen molar-refractivity contribution in [1.29, 1.82) is 0 Å². The first-order chi connectivity index (χ1) is 18.9. The molecule has 0 aliphatic carbocycles. The quantitative estimate of drug-likeness (QED) is 0.148. The van der Waals surface area contributed by atoms with E-state index in [0.717, 1.165) is 0 Å². The van der Waals surface area contributed by atoms with Crippen molar-refractivity contribution in [2.75, 3.05) is 0 Å². The van der Waals surface area contributed by atoms with Gasteiger partial charge in [0, 0.05) is 20.4 Å². The van der Waals surface area contributed by atoms with Gasteiger partial charge in [-0.3, -0.25) is 0 Å². The Kier molecular flexibility index (Phi) is 11.4. The Morgan fingerprint density at radius 1 is 0.205 bits per heavy atom. The molecule has 0 heterocycles. The van der Waals surface area contributed by atoms with Crippen LogP contribution >= 0.6 is 15.8 Å². The second-order valence-electron chi connectivity index (χ2n) is 8.95. The summed E-state index contributed by atoms with van der Waals surface area (Å²) in [6.45, 7) is 0. The van der Waals surface area contributed by atoms with E-state index < -0.39 is 15.8 Å². The Morgan fingerprint density at radius 2 is 0.333 bits per heavy atom. The van der Waals surface area contributed by atoms with Gasteiger partial charge >= 0.3 is 0 Å². The maximum absolute atomic E-state index is 2.24. The van der Waals surface area contributed by atoms with E-state index in [2.05, 4.69) is 182 Å². The summed E-state index contributed by atoms with van der Waals surface area (Å²) in [4.78, 5) is 0. The summed E-state index contributed by atoms with van der Waals surface area (Å²) in [5.41, 5.74) is 0. The minimum absolute atomic E-state index is 0. The van der Waals surface area contributed by atoms with Crippen LogP contribution in [0.25, 0.3) is 0 Å². The fraction of sp³-hybridized carbons (Fsp3) is 0. The van der Waals surface area contributed by atoms with Crippen LogP contribution in [0.3, 0.4) is 0 Å². The van der Waals surface area contributed by atoms with Gasteiger partial charge in [-0.25, -0.2) is 0 Å². The van der Waals surface area contributed by atoms with Gasteiger partial charge in [0.25, 0.3) is 0 Å². The second-order valence-corrected chi connectivity index (χ2v) is 13.9. The van der Waals surface area contributed by atoms with Crippen molar-refractivity contribution < 1.29 is 20.4 Å². The molecule has 6 aromatic rings. The molecule has 3 heteroatoms. The summed E-state index contributed by atoms with van der Waals surface area (Å²) in [5.74, 6) is 0. The summed E-state index contributed by atoms with van der Waals surface area (Å²) in [5, 5.41) is 8.61. The predicted octanol–water partition coefficient (Wildman–Crippen LogP) is 6.35. The number of benzene rings is 6. The Hall–Kier alpha value is -3.16. The number of hydrogen-bond donors (Lipinski definition) is 0. The first kappa shape index (κ1) is 28.8. The molecule has 0 unspecified atom stereocenters. The standard InChI is InChI=1S/2C18H15P.Pd/c2*1-4-10-16(11-5-1)19(17-12-6-2-7-13-17)18-14-8-3-9-15-18;/h2*1-15H;/p+2. The van der Waals surface area contributed by atoms with Gasteiger partial charge in [-0.15, -0.1) is 0 Å². The van der Waals surface area contributed by atoms with Crippen molar-refractivity contribution in [3.8, 4) is 0 Å². The Balaban J connectivity index is 0.000000176. The van der Waals surface area contributed by atoms with Gasteiger partial charge in [0.1, 0.15) is 31.8 Å². The molecule has 0 nitrogen and oxygen atoms in total. The normalized spacial score (nSPS) is 10.3. The van der Waals surface area contributed by atoms with Crippen LogP contribution in [0, 0.1) is 0 Å². The van der Waals surface area contributed by atoms with Gasteiger partial charge in [0.15, 0.2) is 0 Å². The van der Waals surface area contributed by atoms with E-state index in [1.165, 1.54) is 31.8 Å². The van der Waals surface area contributed by atoms with Gasteiger partial charge in [0.2, 0.25) is 0 Å². The van der Waals surface area contributed by atoms with E-state index in [9.17, 15) is 0 Å². The predicted molar refractivity (Wildman–Crippen MR) is 173 cm³/mol. The van der Waals surface area contributed by atoms with Gasteiger partial charge in [-0.1, -0.05) is 109 Å². The van der Waals surface area contributed by atoms with E-state index >= 15 is 0 Å². The van der Waals surface area contributed by atoms with Crippen LogP contribution in [-0.4, -0.2) is 0 Å². The van der Waals surface area contributed by atoms with Crippen LogP contribution in [0.4, 0.5) is 0 Å². The zero-order chi connectivity index (χ0) is 25.8. The third-order valence-electron chi connectivity index (χ3n) is 6.37. The molecule has 0 aliphatic rings. The van der Waals surface area contributed by atoms with Crippen molar-refractivity contribution in [3.05, 3.63) is 182 Å². The molecule has 0 radical (unpaired) electrons. The van der Waals surface area contributed by atoms with Crippen molar-refractivity contribution in [1.82, 2.24) is 0 Å². The minimum atomic E-state index is -0.877. The summed E-state index contributed by atoms with van der Waals surface area (Å²) in [6, 6.07) is 65.0. The zero-order valence-electron chi connectivity index (χ0n) is 21.6. The summed E-state index contributed by atoms with van der Waals surface area (Å²) < 4.78 is 0. The molecule has 0 aliphatic heterocycles. The molecule has 0 saturated heterocycles. The average Bonchev–Trinajstić information content (AvgIpc) is 3.01. The molecule has 39 heavy (non-hydrogen) atoms. The topological polar surface area (TPSA) is 0 Å². The maximum atomic E-state index is 2.24. The largest absolute Gasteiger partial charge is 0.102 e. The molecule has 6 rings (SSSR count). The van der Waals surface area contributed by atoms with E-state index in [-0.39, 0.29) is 20.4 Å². The number of rotatable bonds is 6. The van der Waals surface area contributed by atoms with Crippen LogP contribution in [0.1, 0.15) is 0 Å². The fourth-order valence-electron chi connectivity index (χ4n) is 4.63. The second kappa shape index (κ2) is 15.4. The van der Waals surface area contributed by atoms with Crippen LogP contribution in [0.15, 0.2) is 182 Å². The molecule has 194 valence electrons. The molecule has 0 aromatic heterocycles. The van der Waals surface area contributed by atoms with Crippen molar-refractivity contribution in [2.24, 2.45) is 0 Å². The van der Waals surface area contributed by atoms with Crippen molar-refractivity contribution >= 4 is 47.7 Å². The third kappa shape index (κ3) is 7.93. The van der Waals surface area contributed by atoms with Gasteiger partial charge < -0.3 is 0 Å². The smallest absolute Gasteiger partial charge is 0.0620 e. The van der Waals surface area contributed by atoms with E-state index in [1.807, 2.05) is 0 Å². The molecule has 0 spiro atoms. The van der Waals surface area contributed by atoms with Gasteiger partial charge in [-0.05, 0) is 72.8 Å². The number of hydrogen-bond acceptors (Lipinski definition) is 0. The monoisotopic (exact) mass is 632 g/mol. The Morgan fingerprint density at radius 3 is 0.462 bits per heavy atom. The van der Waals surface area contributed by atoms with E-state index in [4.69, 9.17) is 0 Å². The SMILES string of the molecule is [Pd].c1ccc([PH+](c2ccccc2)c2ccccc2)cc1.c1ccc([PH+](c2ccccc2)c2ccccc2)cc1. The minimum Gasteiger partial charge on any atom is -0.0620 e. The van der Waals surface area contributed by atoms with Crippen molar-refractivity contribution in [3.63, 3.8) is 0 Å². The molecule has 0 fully saturated rings. The van der Waals surface area contributed by atoms with Crippen LogP contribution in [0.2, 0.25) is 0 Å². The zero-order valence-corrected chi connectivity index (χ0v) is 25.2. The Labute approximate surface area is 249 Å². The third-order valence-corrected chi connectivity index (χ3v) is 11.8. The maximum Gasteiger partial charge on any atom is 0.102 e.